The van der Waals surface area contributed by atoms with Crippen LogP contribution in [-0.4, -0.2) is 13.0 Å². The molecule has 0 aliphatic heterocycles. The third-order valence-corrected chi connectivity index (χ3v) is 4.22. The van der Waals surface area contributed by atoms with Crippen LogP contribution in [0.5, 0.6) is 5.75 Å². The van der Waals surface area contributed by atoms with E-state index < -0.39 is 20.8 Å². The largest absolute Gasteiger partial charge is 1.00 e. The molecule has 0 saturated carbocycles. The number of hydrogen-bond donors (Lipinski definition) is 3. The maximum Gasteiger partial charge on any atom is 1.00 e. The SMILES string of the molecule is Nc1ccc(Nc2ccc3c([O-])cc(S(=O)(=O)O)cc3c2)cc1.[Na+]. The summed E-state index contributed by atoms with van der Waals surface area (Å²) in [7, 11) is -4.43. The second-order valence-corrected chi connectivity index (χ2v) is 6.50. The number of nitrogens with one attached hydrogen (secondary N) is 1. The predicted octanol–water partition coefficient (Wildman–Crippen LogP) is -0.510. The summed E-state index contributed by atoms with van der Waals surface area (Å²) < 4.78 is 31.6. The van der Waals surface area contributed by atoms with Crippen LogP contribution in [0, 0.1) is 0 Å². The van der Waals surface area contributed by atoms with Gasteiger partial charge in [0.2, 0.25) is 0 Å². The van der Waals surface area contributed by atoms with E-state index in [-0.39, 0.29) is 29.6 Å². The fraction of sp³-hybridized carbons (Fsp3) is 0. The molecule has 0 saturated heterocycles. The Labute approximate surface area is 161 Å². The third-order valence-electron chi connectivity index (χ3n) is 3.39. The van der Waals surface area contributed by atoms with Crippen LogP contribution in [0.15, 0.2) is 59.5 Å². The molecule has 0 bridgehead atoms. The van der Waals surface area contributed by atoms with Gasteiger partial charge in [0.1, 0.15) is 0 Å². The van der Waals surface area contributed by atoms with Crippen LogP contribution in [0.1, 0.15) is 0 Å². The van der Waals surface area contributed by atoms with E-state index in [4.69, 9.17) is 10.3 Å². The first-order valence-corrected chi connectivity index (χ1v) is 8.12. The first kappa shape index (κ1) is 18.6. The van der Waals surface area contributed by atoms with Crippen molar-refractivity contribution in [2.24, 2.45) is 0 Å². The van der Waals surface area contributed by atoms with Crippen LogP contribution in [0.25, 0.3) is 10.8 Å². The Bertz CT molecular complexity index is 989. The van der Waals surface area contributed by atoms with E-state index in [0.717, 1.165) is 11.8 Å². The van der Waals surface area contributed by atoms with Crippen molar-refractivity contribution < 1.29 is 47.6 Å². The second kappa shape index (κ2) is 7.00. The molecule has 0 amide bonds. The van der Waals surface area contributed by atoms with Gasteiger partial charge in [-0.3, -0.25) is 4.55 Å². The second-order valence-electron chi connectivity index (χ2n) is 5.08. The third kappa shape index (κ3) is 4.00. The van der Waals surface area contributed by atoms with Crippen molar-refractivity contribution in [2.75, 3.05) is 11.1 Å². The Kier molecular flexibility index (Phi) is 5.42. The summed E-state index contributed by atoms with van der Waals surface area (Å²) in [4.78, 5) is -0.417. The fourth-order valence-corrected chi connectivity index (χ4v) is 2.80. The van der Waals surface area contributed by atoms with Gasteiger partial charge in [0.25, 0.3) is 10.1 Å². The van der Waals surface area contributed by atoms with Gasteiger partial charge in [-0.25, -0.2) is 0 Å². The summed E-state index contributed by atoms with van der Waals surface area (Å²) >= 11 is 0. The monoisotopic (exact) mass is 352 g/mol. The minimum Gasteiger partial charge on any atom is -0.872 e. The molecule has 0 spiro atoms. The van der Waals surface area contributed by atoms with Crippen LogP contribution in [-0.2, 0) is 10.1 Å². The minimum atomic E-state index is -4.43. The summed E-state index contributed by atoms with van der Waals surface area (Å²) in [6, 6.07) is 14.2. The molecular weight excluding hydrogens is 339 g/mol. The molecule has 118 valence electrons. The maximum absolute atomic E-state index is 11.9. The molecule has 3 aromatic carbocycles. The van der Waals surface area contributed by atoms with Gasteiger partial charge in [0, 0.05) is 17.1 Å². The van der Waals surface area contributed by atoms with Crippen molar-refractivity contribution in [1.29, 1.82) is 0 Å². The Balaban J connectivity index is 0.00000208. The topological polar surface area (TPSA) is 115 Å². The molecule has 24 heavy (non-hydrogen) atoms. The van der Waals surface area contributed by atoms with Gasteiger partial charge in [-0.1, -0.05) is 11.8 Å². The Morgan fingerprint density at radius 3 is 2.21 bits per heavy atom. The molecule has 0 unspecified atom stereocenters. The van der Waals surface area contributed by atoms with Gasteiger partial charge in [-0.15, -0.1) is 0 Å². The molecule has 8 heteroatoms. The van der Waals surface area contributed by atoms with E-state index in [2.05, 4.69) is 5.32 Å². The van der Waals surface area contributed by atoms with E-state index in [9.17, 15) is 13.5 Å². The average molecular weight is 352 g/mol. The van der Waals surface area contributed by atoms with Crippen molar-refractivity contribution in [2.45, 2.75) is 4.90 Å². The molecule has 4 N–H and O–H groups in total. The molecule has 3 aromatic rings. The Hall–Kier alpha value is -1.77. The van der Waals surface area contributed by atoms with Gasteiger partial charge in [0.05, 0.1) is 4.90 Å². The number of nitrogen functional groups attached to an aromatic ring is 1. The fourth-order valence-electron chi connectivity index (χ4n) is 2.27. The summed E-state index contributed by atoms with van der Waals surface area (Å²) in [6.45, 7) is 0. The summed E-state index contributed by atoms with van der Waals surface area (Å²) in [5.41, 5.74) is 7.74. The van der Waals surface area contributed by atoms with Crippen LogP contribution in [0.4, 0.5) is 17.1 Å². The average Bonchev–Trinajstić information content (AvgIpc) is 2.48. The quantitative estimate of drug-likeness (QED) is 0.332. The number of nitrogens with two attached hydrogens (primary N) is 1. The molecule has 3 rings (SSSR count). The van der Waals surface area contributed by atoms with Crippen molar-refractivity contribution in [3.63, 3.8) is 0 Å². The number of anilines is 3. The zero-order chi connectivity index (χ0) is 16.6. The van der Waals surface area contributed by atoms with E-state index in [1.165, 1.54) is 6.07 Å². The maximum atomic E-state index is 11.9. The number of benzene rings is 3. The molecular formula is C16H13N2NaO4S. The number of rotatable bonds is 3. The molecule has 0 aliphatic rings. The van der Waals surface area contributed by atoms with E-state index in [0.29, 0.717) is 22.1 Å². The van der Waals surface area contributed by atoms with E-state index >= 15 is 0 Å². The minimum absolute atomic E-state index is 0. The molecule has 0 aliphatic carbocycles. The summed E-state index contributed by atoms with van der Waals surface area (Å²) in [5.74, 6) is -0.464. The molecule has 0 aromatic heterocycles. The zero-order valence-corrected chi connectivity index (χ0v) is 15.7. The normalized spacial score (nSPS) is 11.0. The van der Waals surface area contributed by atoms with Gasteiger partial charge >= 0.3 is 29.6 Å². The molecule has 0 fully saturated rings. The summed E-state index contributed by atoms with van der Waals surface area (Å²) in [5, 5.41) is 15.9. The summed E-state index contributed by atoms with van der Waals surface area (Å²) in [6.07, 6.45) is 0. The molecule has 6 nitrogen and oxygen atoms in total. The first-order valence-electron chi connectivity index (χ1n) is 6.68. The molecule has 0 heterocycles. The zero-order valence-electron chi connectivity index (χ0n) is 12.9. The smallest absolute Gasteiger partial charge is 0.872 e. The number of hydrogen-bond acceptors (Lipinski definition) is 5. The van der Waals surface area contributed by atoms with Gasteiger partial charge in [0.15, 0.2) is 0 Å². The van der Waals surface area contributed by atoms with Crippen molar-refractivity contribution in [1.82, 2.24) is 0 Å². The van der Waals surface area contributed by atoms with Gasteiger partial charge in [-0.2, -0.15) is 8.42 Å². The first-order chi connectivity index (χ1) is 10.8. The van der Waals surface area contributed by atoms with E-state index in [1.807, 2.05) is 0 Å². The van der Waals surface area contributed by atoms with E-state index in [1.54, 1.807) is 42.5 Å². The predicted molar refractivity (Wildman–Crippen MR) is 87.3 cm³/mol. The molecule has 0 atom stereocenters. The van der Waals surface area contributed by atoms with Crippen molar-refractivity contribution >= 4 is 38.0 Å². The molecule has 0 radical (unpaired) electrons. The van der Waals surface area contributed by atoms with Crippen molar-refractivity contribution in [3.05, 3.63) is 54.6 Å². The van der Waals surface area contributed by atoms with Crippen LogP contribution in [0.3, 0.4) is 0 Å². The Morgan fingerprint density at radius 2 is 1.58 bits per heavy atom. The van der Waals surface area contributed by atoms with Gasteiger partial charge in [-0.05, 0) is 59.3 Å². The van der Waals surface area contributed by atoms with Gasteiger partial charge < -0.3 is 16.2 Å². The number of fused-ring (bicyclic) bond motifs is 1. The van der Waals surface area contributed by atoms with Crippen LogP contribution in [0.2, 0.25) is 0 Å². The van der Waals surface area contributed by atoms with Crippen LogP contribution >= 0.6 is 0 Å². The Morgan fingerprint density at radius 1 is 0.958 bits per heavy atom. The standard InChI is InChI=1S/C16H14N2O4S.Na/c17-11-1-3-12(4-2-11)18-13-5-6-15-10(7-13)8-14(9-16(15)19)23(20,21)22;/h1-9,18-19H,17H2,(H,20,21,22);/q;+1/p-1. The van der Waals surface area contributed by atoms with Crippen LogP contribution < -0.4 is 45.7 Å². The van der Waals surface area contributed by atoms with Crippen molar-refractivity contribution in [3.8, 4) is 5.75 Å².